The van der Waals surface area contributed by atoms with Crippen LogP contribution in [0.15, 0.2) is 29.2 Å². The minimum atomic E-state index is -3.28. The highest BCUT2D eigenvalue weighted by molar-refractivity contribution is 7.89. The van der Waals surface area contributed by atoms with Gasteiger partial charge in [-0.1, -0.05) is 0 Å². The third-order valence-corrected chi connectivity index (χ3v) is 6.02. The van der Waals surface area contributed by atoms with E-state index >= 15 is 0 Å². The molecule has 0 bridgehead atoms. The molecule has 110 valence electrons. The van der Waals surface area contributed by atoms with Crippen molar-refractivity contribution >= 4 is 15.7 Å². The van der Waals surface area contributed by atoms with Gasteiger partial charge in [-0.3, -0.25) is 0 Å². The predicted molar refractivity (Wildman–Crippen MR) is 78.3 cm³/mol. The van der Waals surface area contributed by atoms with Gasteiger partial charge in [0.25, 0.3) is 0 Å². The average Bonchev–Trinajstić information content (AvgIpc) is 3.03. The second kappa shape index (κ2) is 5.71. The Morgan fingerprint density at radius 2 is 1.50 bits per heavy atom. The highest BCUT2D eigenvalue weighted by Gasteiger charge is 2.27. The van der Waals surface area contributed by atoms with E-state index in [1.54, 1.807) is 16.4 Å². The van der Waals surface area contributed by atoms with Crippen LogP contribution in [0, 0.1) is 0 Å². The highest BCUT2D eigenvalue weighted by atomic mass is 32.2. The van der Waals surface area contributed by atoms with Gasteiger partial charge in [-0.25, -0.2) is 8.42 Å². The molecule has 3 rings (SSSR count). The second-order valence-corrected chi connectivity index (χ2v) is 7.40. The number of nitrogens with zero attached hydrogens (tertiary/aromatic N) is 2. The Kier molecular flexibility index (Phi) is 3.96. The van der Waals surface area contributed by atoms with Gasteiger partial charge in [0.05, 0.1) is 31.1 Å². The summed E-state index contributed by atoms with van der Waals surface area (Å²) in [5, 5.41) is 2.31. The Morgan fingerprint density at radius 1 is 0.900 bits per heavy atom. The van der Waals surface area contributed by atoms with Crippen molar-refractivity contribution in [2.45, 2.75) is 17.7 Å². The molecule has 2 N–H and O–H groups in total. The van der Waals surface area contributed by atoms with Crippen LogP contribution in [0.25, 0.3) is 0 Å². The van der Waals surface area contributed by atoms with Crippen LogP contribution >= 0.6 is 0 Å². The summed E-state index contributed by atoms with van der Waals surface area (Å²) in [6, 6.07) is 7.38. The van der Waals surface area contributed by atoms with Gasteiger partial charge in [-0.15, -0.1) is 0 Å². The molecule has 2 fully saturated rings. The van der Waals surface area contributed by atoms with Crippen molar-refractivity contribution in [2.24, 2.45) is 0 Å². The summed E-state index contributed by atoms with van der Waals surface area (Å²) in [5.74, 6) is 0. The molecule has 0 unspecified atom stereocenters. The first-order valence-corrected chi connectivity index (χ1v) is 8.79. The SMILES string of the molecule is O=S(=O)(c1ccc(N2CC[NH2+]CC2)cc1)N1CCCC1. The van der Waals surface area contributed by atoms with Gasteiger partial charge in [-0.05, 0) is 37.1 Å². The Morgan fingerprint density at radius 3 is 2.10 bits per heavy atom. The normalized spacial score (nSPS) is 21.3. The number of sulfonamides is 1. The first kappa shape index (κ1) is 13.9. The van der Waals surface area contributed by atoms with Gasteiger partial charge in [0, 0.05) is 18.8 Å². The molecule has 2 aliphatic heterocycles. The standard InChI is InChI=1S/C14H21N3O2S/c18-20(19,17-9-1-2-10-17)14-5-3-13(4-6-14)16-11-7-15-8-12-16/h3-6,15H,1-2,7-12H2/p+1. The fraction of sp³-hybridized carbons (Fsp3) is 0.571. The zero-order valence-electron chi connectivity index (χ0n) is 11.7. The maximum absolute atomic E-state index is 12.4. The fourth-order valence-electron chi connectivity index (χ4n) is 2.92. The van der Waals surface area contributed by atoms with Crippen molar-refractivity contribution in [2.75, 3.05) is 44.2 Å². The average molecular weight is 296 g/mol. The molecule has 0 atom stereocenters. The number of benzene rings is 1. The van der Waals surface area contributed by atoms with E-state index in [0.29, 0.717) is 18.0 Å². The Labute approximate surface area is 120 Å². The quantitative estimate of drug-likeness (QED) is 0.844. The van der Waals surface area contributed by atoms with Crippen molar-refractivity contribution in [3.63, 3.8) is 0 Å². The summed E-state index contributed by atoms with van der Waals surface area (Å²) in [6.45, 7) is 5.58. The fourth-order valence-corrected chi connectivity index (χ4v) is 4.43. The van der Waals surface area contributed by atoms with E-state index in [-0.39, 0.29) is 0 Å². The van der Waals surface area contributed by atoms with E-state index in [1.807, 2.05) is 12.1 Å². The van der Waals surface area contributed by atoms with Crippen molar-refractivity contribution in [1.82, 2.24) is 4.31 Å². The molecule has 20 heavy (non-hydrogen) atoms. The Hall–Kier alpha value is -1.11. The number of piperazine rings is 1. The molecule has 2 heterocycles. The van der Waals surface area contributed by atoms with Crippen LogP contribution in [0.1, 0.15) is 12.8 Å². The van der Waals surface area contributed by atoms with E-state index in [0.717, 1.165) is 44.7 Å². The van der Waals surface area contributed by atoms with Crippen LogP contribution in [-0.4, -0.2) is 52.0 Å². The molecular formula is C14H22N3O2S+. The lowest BCUT2D eigenvalue weighted by atomic mass is 10.2. The van der Waals surface area contributed by atoms with Crippen LogP contribution in [-0.2, 0) is 10.0 Å². The summed E-state index contributed by atoms with van der Waals surface area (Å²) in [5.41, 5.74) is 1.12. The minimum Gasteiger partial charge on any atom is -0.360 e. The lowest BCUT2D eigenvalue weighted by molar-refractivity contribution is -0.655. The van der Waals surface area contributed by atoms with Gasteiger partial charge in [0.1, 0.15) is 0 Å². The Bertz CT molecular complexity index is 544. The molecule has 0 radical (unpaired) electrons. The molecule has 2 aliphatic rings. The van der Waals surface area contributed by atoms with Crippen LogP contribution < -0.4 is 10.2 Å². The van der Waals surface area contributed by atoms with Crippen molar-refractivity contribution in [1.29, 1.82) is 0 Å². The van der Waals surface area contributed by atoms with Crippen LogP contribution in [0.5, 0.6) is 0 Å². The summed E-state index contributed by atoms with van der Waals surface area (Å²) in [6.07, 6.45) is 1.95. The maximum Gasteiger partial charge on any atom is 0.243 e. The van der Waals surface area contributed by atoms with Gasteiger partial charge >= 0.3 is 0 Å². The third kappa shape index (κ3) is 2.68. The summed E-state index contributed by atoms with van der Waals surface area (Å²) >= 11 is 0. The summed E-state index contributed by atoms with van der Waals surface area (Å²) < 4.78 is 26.5. The lowest BCUT2D eigenvalue weighted by Gasteiger charge is -2.27. The summed E-state index contributed by atoms with van der Waals surface area (Å²) in [4.78, 5) is 2.73. The first-order valence-electron chi connectivity index (χ1n) is 7.35. The van der Waals surface area contributed by atoms with Crippen molar-refractivity contribution in [3.8, 4) is 0 Å². The van der Waals surface area contributed by atoms with Crippen LogP contribution in [0.2, 0.25) is 0 Å². The molecule has 1 aromatic carbocycles. The van der Waals surface area contributed by atoms with E-state index in [2.05, 4.69) is 10.2 Å². The smallest absolute Gasteiger partial charge is 0.243 e. The Balaban J connectivity index is 1.78. The predicted octanol–water partition coefficient (Wildman–Crippen LogP) is -0.145. The molecule has 0 aromatic heterocycles. The number of anilines is 1. The largest absolute Gasteiger partial charge is 0.360 e. The van der Waals surface area contributed by atoms with Gasteiger partial charge < -0.3 is 10.2 Å². The van der Waals surface area contributed by atoms with Gasteiger partial charge in [-0.2, -0.15) is 4.31 Å². The molecule has 6 heteroatoms. The molecule has 0 saturated carbocycles. The molecule has 1 aromatic rings. The van der Waals surface area contributed by atoms with Crippen LogP contribution in [0.3, 0.4) is 0 Å². The molecule has 0 amide bonds. The van der Waals surface area contributed by atoms with E-state index in [4.69, 9.17) is 0 Å². The van der Waals surface area contributed by atoms with Gasteiger partial charge in [0.15, 0.2) is 0 Å². The second-order valence-electron chi connectivity index (χ2n) is 5.46. The number of hydrogen-bond acceptors (Lipinski definition) is 3. The summed E-state index contributed by atoms with van der Waals surface area (Å²) in [7, 11) is -3.28. The monoisotopic (exact) mass is 296 g/mol. The molecular weight excluding hydrogens is 274 g/mol. The number of rotatable bonds is 3. The van der Waals surface area contributed by atoms with Crippen molar-refractivity contribution < 1.29 is 13.7 Å². The molecule has 0 spiro atoms. The number of hydrogen-bond donors (Lipinski definition) is 1. The van der Waals surface area contributed by atoms with Crippen molar-refractivity contribution in [3.05, 3.63) is 24.3 Å². The van der Waals surface area contributed by atoms with E-state index < -0.39 is 10.0 Å². The highest BCUT2D eigenvalue weighted by Crippen LogP contribution is 2.23. The van der Waals surface area contributed by atoms with E-state index in [9.17, 15) is 8.42 Å². The zero-order chi connectivity index (χ0) is 14.0. The minimum absolute atomic E-state index is 0.423. The first-order chi connectivity index (χ1) is 9.68. The van der Waals surface area contributed by atoms with Gasteiger partial charge in [0.2, 0.25) is 10.0 Å². The zero-order valence-corrected chi connectivity index (χ0v) is 12.5. The molecule has 2 saturated heterocycles. The van der Waals surface area contributed by atoms with E-state index in [1.165, 1.54) is 0 Å². The maximum atomic E-state index is 12.4. The van der Waals surface area contributed by atoms with Crippen LogP contribution in [0.4, 0.5) is 5.69 Å². The third-order valence-electron chi connectivity index (χ3n) is 4.11. The lowest BCUT2D eigenvalue weighted by Crippen LogP contribution is -2.89. The number of nitrogens with two attached hydrogens (primary N) is 1. The number of quaternary nitrogens is 1. The molecule has 0 aliphatic carbocycles. The molecule has 5 nitrogen and oxygen atoms in total. The topological polar surface area (TPSA) is 57.2 Å².